The first-order valence-electron chi connectivity index (χ1n) is 4.19. The van der Waals surface area contributed by atoms with E-state index < -0.39 is 14.9 Å². The minimum Gasteiger partial charge on any atom is -0.369 e. The van der Waals surface area contributed by atoms with Crippen LogP contribution in [0, 0.1) is 12.3 Å². The molecule has 0 N–H and O–H groups in total. The molecule has 14 heavy (non-hydrogen) atoms. The Morgan fingerprint density at radius 1 is 1.43 bits per heavy atom. The maximum absolute atomic E-state index is 11.4. The molecule has 0 saturated carbocycles. The zero-order chi connectivity index (χ0) is 11.2. The fourth-order valence-corrected chi connectivity index (χ4v) is 1.58. The summed E-state index contributed by atoms with van der Waals surface area (Å²) in [7, 11) is -2.36. The van der Waals surface area contributed by atoms with Crippen LogP contribution in [0.25, 0.3) is 0 Å². The average Bonchev–Trinajstić information content (AvgIpc) is 2.12. The van der Waals surface area contributed by atoms with Crippen LogP contribution >= 0.6 is 0 Å². The van der Waals surface area contributed by atoms with E-state index in [0.717, 1.165) is 7.11 Å². The molecule has 0 aliphatic rings. The molecule has 0 fully saturated rings. The molecular weight excluding hydrogens is 204 g/mol. The van der Waals surface area contributed by atoms with Crippen molar-refractivity contribution in [2.75, 3.05) is 20.3 Å². The van der Waals surface area contributed by atoms with E-state index in [-0.39, 0.29) is 6.61 Å². The molecule has 0 rings (SSSR count). The molecule has 82 valence electrons. The third kappa shape index (κ3) is 3.66. The van der Waals surface area contributed by atoms with Crippen LogP contribution in [0.4, 0.5) is 0 Å². The predicted octanol–water partition coefficient (Wildman–Crippen LogP) is 0.781. The molecule has 0 radical (unpaired) electrons. The van der Waals surface area contributed by atoms with Crippen LogP contribution < -0.4 is 0 Å². The highest BCUT2D eigenvalue weighted by molar-refractivity contribution is 7.88. The summed E-state index contributed by atoms with van der Waals surface area (Å²) in [6, 6.07) is 0. The van der Waals surface area contributed by atoms with Crippen molar-refractivity contribution in [2.24, 2.45) is 0 Å². The lowest BCUT2D eigenvalue weighted by Crippen LogP contribution is -2.34. The molecule has 0 amide bonds. The van der Waals surface area contributed by atoms with E-state index >= 15 is 0 Å². The SMILES string of the molecule is C#CCOCCC(C)(C)S(=O)(=O)OC. The van der Waals surface area contributed by atoms with Crippen molar-refractivity contribution in [3.63, 3.8) is 0 Å². The molecule has 0 aromatic carbocycles. The smallest absolute Gasteiger partial charge is 0.272 e. The van der Waals surface area contributed by atoms with Crippen LogP contribution in [-0.2, 0) is 19.0 Å². The van der Waals surface area contributed by atoms with Crippen LogP contribution in [0.2, 0.25) is 0 Å². The Morgan fingerprint density at radius 3 is 2.43 bits per heavy atom. The Morgan fingerprint density at radius 2 is 2.00 bits per heavy atom. The van der Waals surface area contributed by atoms with E-state index in [1.54, 1.807) is 13.8 Å². The third-order valence-electron chi connectivity index (χ3n) is 1.93. The summed E-state index contributed by atoms with van der Waals surface area (Å²) in [6.07, 6.45) is 5.32. The number of terminal acetylenes is 1. The Kier molecular flexibility index (Phi) is 5.13. The second-order valence-corrected chi connectivity index (χ2v) is 5.73. The average molecular weight is 220 g/mol. The molecule has 0 saturated heterocycles. The van der Waals surface area contributed by atoms with Crippen LogP contribution in [0.1, 0.15) is 20.3 Å². The van der Waals surface area contributed by atoms with Crippen LogP contribution in [0.5, 0.6) is 0 Å². The highest BCUT2D eigenvalue weighted by Gasteiger charge is 2.34. The third-order valence-corrected chi connectivity index (χ3v) is 3.93. The highest BCUT2D eigenvalue weighted by atomic mass is 32.2. The van der Waals surface area contributed by atoms with Gasteiger partial charge in [-0.15, -0.1) is 6.42 Å². The fourth-order valence-electron chi connectivity index (χ4n) is 0.800. The Bertz CT molecular complexity index is 297. The zero-order valence-electron chi connectivity index (χ0n) is 8.74. The normalized spacial score (nSPS) is 12.4. The van der Waals surface area contributed by atoms with Gasteiger partial charge in [-0.25, -0.2) is 0 Å². The van der Waals surface area contributed by atoms with Gasteiger partial charge in [-0.1, -0.05) is 5.92 Å². The summed E-state index contributed by atoms with van der Waals surface area (Å²) in [5.74, 6) is 2.30. The van der Waals surface area contributed by atoms with E-state index in [4.69, 9.17) is 11.2 Å². The maximum Gasteiger partial charge on any atom is 0.272 e. The summed E-state index contributed by atoms with van der Waals surface area (Å²) < 4.78 is 31.2. The van der Waals surface area contributed by atoms with Gasteiger partial charge in [-0.05, 0) is 20.3 Å². The second-order valence-electron chi connectivity index (χ2n) is 3.39. The lowest BCUT2D eigenvalue weighted by molar-refractivity contribution is 0.155. The molecule has 5 heteroatoms. The number of ether oxygens (including phenoxy) is 1. The molecule has 0 aliphatic heterocycles. The number of hydrogen-bond acceptors (Lipinski definition) is 4. The van der Waals surface area contributed by atoms with Crippen molar-refractivity contribution < 1.29 is 17.3 Å². The zero-order valence-corrected chi connectivity index (χ0v) is 9.56. The predicted molar refractivity (Wildman–Crippen MR) is 54.3 cm³/mol. The van der Waals surface area contributed by atoms with Crippen molar-refractivity contribution in [3.8, 4) is 12.3 Å². The largest absolute Gasteiger partial charge is 0.369 e. The van der Waals surface area contributed by atoms with E-state index in [9.17, 15) is 8.42 Å². The molecule has 4 nitrogen and oxygen atoms in total. The Balaban J connectivity index is 4.16. The fraction of sp³-hybridized carbons (Fsp3) is 0.778. The minimum atomic E-state index is -3.52. The summed E-state index contributed by atoms with van der Waals surface area (Å²) in [6.45, 7) is 3.68. The first-order valence-corrected chi connectivity index (χ1v) is 5.59. The Labute approximate surface area is 85.7 Å². The first kappa shape index (κ1) is 13.4. The van der Waals surface area contributed by atoms with Crippen molar-refractivity contribution >= 4 is 10.1 Å². The lowest BCUT2D eigenvalue weighted by Gasteiger charge is -2.22. The van der Waals surface area contributed by atoms with E-state index in [2.05, 4.69) is 10.1 Å². The van der Waals surface area contributed by atoms with Gasteiger partial charge in [0.15, 0.2) is 0 Å². The van der Waals surface area contributed by atoms with Gasteiger partial charge in [0, 0.05) is 6.61 Å². The van der Waals surface area contributed by atoms with Crippen molar-refractivity contribution in [1.82, 2.24) is 0 Å². The van der Waals surface area contributed by atoms with E-state index in [1.807, 2.05) is 0 Å². The van der Waals surface area contributed by atoms with Gasteiger partial charge in [-0.2, -0.15) is 8.42 Å². The van der Waals surface area contributed by atoms with Crippen molar-refractivity contribution in [3.05, 3.63) is 0 Å². The topological polar surface area (TPSA) is 52.6 Å². The van der Waals surface area contributed by atoms with Gasteiger partial charge in [-0.3, -0.25) is 4.18 Å². The van der Waals surface area contributed by atoms with Gasteiger partial charge in [0.1, 0.15) is 6.61 Å². The standard InChI is InChI=1S/C9H16O4S/c1-5-7-13-8-6-9(2,3)14(10,11)12-4/h1H,6-8H2,2-4H3. The van der Waals surface area contributed by atoms with Crippen LogP contribution in [-0.4, -0.2) is 33.5 Å². The molecule has 0 heterocycles. The van der Waals surface area contributed by atoms with Gasteiger partial charge in [0.05, 0.1) is 11.9 Å². The number of rotatable bonds is 6. The lowest BCUT2D eigenvalue weighted by atomic mass is 10.1. The van der Waals surface area contributed by atoms with Crippen molar-refractivity contribution in [1.29, 1.82) is 0 Å². The van der Waals surface area contributed by atoms with Gasteiger partial charge < -0.3 is 4.74 Å². The Hall–Kier alpha value is -0.570. The molecule has 0 spiro atoms. The summed E-state index contributed by atoms with van der Waals surface area (Å²) in [5, 5.41) is 0. The van der Waals surface area contributed by atoms with Crippen molar-refractivity contribution in [2.45, 2.75) is 25.0 Å². The molecule has 0 unspecified atom stereocenters. The van der Waals surface area contributed by atoms with Crippen LogP contribution in [0.3, 0.4) is 0 Å². The number of hydrogen-bond donors (Lipinski definition) is 0. The highest BCUT2D eigenvalue weighted by Crippen LogP contribution is 2.21. The van der Waals surface area contributed by atoms with E-state index in [1.165, 1.54) is 0 Å². The molecule has 0 aromatic heterocycles. The minimum absolute atomic E-state index is 0.198. The van der Waals surface area contributed by atoms with Gasteiger partial charge in [0.25, 0.3) is 10.1 Å². The summed E-state index contributed by atoms with van der Waals surface area (Å²) in [5.41, 5.74) is 0. The van der Waals surface area contributed by atoms with E-state index in [0.29, 0.717) is 13.0 Å². The molecule has 0 aromatic rings. The quantitative estimate of drug-likeness (QED) is 0.377. The van der Waals surface area contributed by atoms with Gasteiger partial charge >= 0.3 is 0 Å². The molecule has 0 bridgehead atoms. The monoisotopic (exact) mass is 220 g/mol. The summed E-state index contributed by atoms with van der Waals surface area (Å²) >= 11 is 0. The summed E-state index contributed by atoms with van der Waals surface area (Å²) in [4.78, 5) is 0. The van der Waals surface area contributed by atoms with Gasteiger partial charge in [0.2, 0.25) is 0 Å². The second kappa shape index (κ2) is 5.35. The molecule has 0 atom stereocenters. The van der Waals surface area contributed by atoms with Crippen LogP contribution in [0.15, 0.2) is 0 Å². The molecular formula is C9H16O4S. The molecule has 0 aliphatic carbocycles. The first-order chi connectivity index (χ1) is 6.37. The maximum atomic E-state index is 11.4.